The molecule has 20 heavy (non-hydrogen) atoms. The van der Waals surface area contributed by atoms with E-state index >= 15 is 0 Å². The molecule has 0 amide bonds. The minimum Gasteiger partial charge on any atom is -0.271 e. The van der Waals surface area contributed by atoms with Crippen molar-refractivity contribution in [3.05, 3.63) is 68.7 Å². The van der Waals surface area contributed by atoms with Crippen molar-refractivity contribution in [3.8, 4) is 0 Å². The monoisotopic (exact) mass is 360 g/mol. The quantitative estimate of drug-likeness (QED) is 0.635. The van der Waals surface area contributed by atoms with Crippen molar-refractivity contribution < 1.29 is 8.78 Å². The van der Waals surface area contributed by atoms with Crippen molar-refractivity contribution in [2.24, 2.45) is 5.84 Å². The first kappa shape index (κ1) is 15.4. The normalized spacial score (nSPS) is 12.4. The lowest BCUT2D eigenvalue weighted by Crippen LogP contribution is -2.29. The Labute approximate surface area is 129 Å². The molecule has 0 saturated heterocycles. The molecule has 1 unspecified atom stereocenters. The second-order valence-electron chi connectivity index (χ2n) is 4.36. The van der Waals surface area contributed by atoms with Gasteiger partial charge in [0.05, 0.1) is 6.04 Å². The van der Waals surface area contributed by atoms with E-state index in [1.54, 1.807) is 12.1 Å². The number of nitrogens with one attached hydrogen (secondary N) is 1. The second-order valence-corrected chi connectivity index (χ2v) is 5.71. The van der Waals surface area contributed by atoms with Gasteiger partial charge in [0.15, 0.2) is 0 Å². The van der Waals surface area contributed by atoms with Crippen molar-refractivity contribution in [1.29, 1.82) is 0 Å². The highest BCUT2D eigenvalue weighted by Crippen LogP contribution is 2.26. The summed E-state index contributed by atoms with van der Waals surface area (Å²) in [6.07, 6.45) is 0.215. The SMILES string of the molecule is NNC(Cc1cc(F)ccc1F)c1cc(Cl)cc(Br)c1. The maximum absolute atomic E-state index is 13.7. The Balaban J connectivity index is 2.30. The van der Waals surface area contributed by atoms with Gasteiger partial charge in [-0.1, -0.05) is 27.5 Å². The third-order valence-corrected chi connectivity index (χ3v) is 3.60. The molecular formula is C14H12BrClF2N2. The zero-order valence-corrected chi connectivity index (χ0v) is 12.7. The Morgan fingerprint density at radius 1 is 1.20 bits per heavy atom. The van der Waals surface area contributed by atoms with Gasteiger partial charge >= 0.3 is 0 Å². The third-order valence-electron chi connectivity index (χ3n) is 2.92. The molecule has 0 fully saturated rings. The van der Waals surface area contributed by atoms with Crippen molar-refractivity contribution in [2.45, 2.75) is 12.5 Å². The van der Waals surface area contributed by atoms with E-state index in [1.165, 1.54) is 6.07 Å². The summed E-state index contributed by atoms with van der Waals surface area (Å²) in [5.74, 6) is 4.57. The Morgan fingerprint density at radius 2 is 1.95 bits per heavy atom. The van der Waals surface area contributed by atoms with Gasteiger partial charge in [0.25, 0.3) is 0 Å². The molecule has 2 aromatic carbocycles. The lowest BCUT2D eigenvalue weighted by Gasteiger charge is -2.17. The summed E-state index contributed by atoms with van der Waals surface area (Å²) in [4.78, 5) is 0. The van der Waals surface area contributed by atoms with Crippen LogP contribution in [0, 0.1) is 11.6 Å². The molecule has 1 atom stereocenters. The van der Waals surface area contributed by atoms with Crippen LogP contribution in [0.2, 0.25) is 5.02 Å². The summed E-state index contributed by atoms with van der Waals surface area (Å²) in [5, 5.41) is 0.536. The Morgan fingerprint density at radius 3 is 2.60 bits per heavy atom. The fourth-order valence-electron chi connectivity index (χ4n) is 1.97. The highest BCUT2D eigenvalue weighted by atomic mass is 79.9. The van der Waals surface area contributed by atoms with Crippen molar-refractivity contribution in [2.75, 3.05) is 0 Å². The van der Waals surface area contributed by atoms with Crippen LogP contribution in [-0.4, -0.2) is 0 Å². The molecule has 0 saturated carbocycles. The first-order valence-electron chi connectivity index (χ1n) is 5.85. The predicted molar refractivity (Wildman–Crippen MR) is 79.3 cm³/mol. The van der Waals surface area contributed by atoms with Gasteiger partial charge in [-0.05, 0) is 53.9 Å². The molecule has 6 heteroatoms. The molecule has 106 valence electrons. The molecule has 0 aliphatic carbocycles. The fraction of sp³-hybridized carbons (Fsp3) is 0.143. The van der Waals surface area contributed by atoms with Gasteiger partial charge in [-0.15, -0.1) is 0 Å². The highest BCUT2D eigenvalue weighted by molar-refractivity contribution is 9.10. The van der Waals surface area contributed by atoms with Crippen LogP contribution in [0.1, 0.15) is 17.2 Å². The number of hydrazine groups is 1. The van der Waals surface area contributed by atoms with Gasteiger partial charge in [-0.2, -0.15) is 0 Å². The molecule has 0 radical (unpaired) electrons. The van der Waals surface area contributed by atoms with Crippen LogP contribution in [0.5, 0.6) is 0 Å². The molecule has 0 aliphatic heterocycles. The van der Waals surface area contributed by atoms with Gasteiger partial charge in [-0.25, -0.2) is 8.78 Å². The van der Waals surface area contributed by atoms with Crippen LogP contribution in [0.4, 0.5) is 8.78 Å². The summed E-state index contributed by atoms with van der Waals surface area (Å²) in [7, 11) is 0. The van der Waals surface area contributed by atoms with Crippen LogP contribution in [0.15, 0.2) is 40.9 Å². The number of halogens is 4. The second kappa shape index (κ2) is 6.63. The Kier molecular flexibility index (Phi) is 5.10. The van der Waals surface area contributed by atoms with Crippen LogP contribution in [-0.2, 0) is 6.42 Å². The van der Waals surface area contributed by atoms with E-state index in [-0.39, 0.29) is 18.0 Å². The molecule has 0 aliphatic rings. The fourth-order valence-corrected chi connectivity index (χ4v) is 2.86. The van der Waals surface area contributed by atoms with Gasteiger partial charge in [0.2, 0.25) is 0 Å². The van der Waals surface area contributed by atoms with Gasteiger partial charge in [-0.3, -0.25) is 11.3 Å². The van der Waals surface area contributed by atoms with Gasteiger partial charge in [0, 0.05) is 9.50 Å². The summed E-state index contributed by atoms with van der Waals surface area (Å²) >= 11 is 9.31. The minimum atomic E-state index is -0.482. The van der Waals surface area contributed by atoms with Gasteiger partial charge < -0.3 is 0 Å². The maximum Gasteiger partial charge on any atom is 0.126 e. The van der Waals surface area contributed by atoms with Gasteiger partial charge in [0.1, 0.15) is 11.6 Å². The molecule has 3 N–H and O–H groups in total. The molecule has 2 rings (SSSR count). The predicted octanol–water partition coefficient (Wildman–Crippen LogP) is 4.13. The first-order valence-corrected chi connectivity index (χ1v) is 7.02. The van der Waals surface area contributed by atoms with E-state index in [1.807, 2.05) is 6.07 Å². The third kappa shape index (κ3) is 3.76. The van der Waals surface area contributed by atoms with Crippen LogP contribution < -0.4 is 11.3 Å². The standard InChI is InChI=1S/C14H12BrClF2N2/c15-10-3-9(4-11(16)7-10)14(20-19)6-8-5-12(17)1-2-13(8)18/h1-5,7,14,20H,6,19H2. The van der Waals surface area contributed by atoms with Crippen molar-refractivity contribution >= 4 is 27.5 Å². The average Bonchev–Trinajstić information content (AvgIpc) is 2.38. The lowest BCUT2D eigenvalue weighted by atomic mass is 9.99. The molecule has 0 bridgehead atoms. The topological polar surface area (TPSA) is 38.0 Å². The number of nitrogens with two attached hydrogens (primary N) is 1. The Bertz CT molecular complexity index is 602. The van der Waals surface area contributed by atoms with E-state index in [2.05, 4.69) is 21.4 Å². The van der Waals surface area contributed by atoms with E-state index in [4.69, 9.17) is 17.4 Å². The minimum absolute atomic E-state index is 0.215. The Hall–Kier alpha value is -1.01. The molecule has 2 aromatic rings. The van der Waals surface area contributed by atoms with Crippen LogP contribution in [0.25, 0.3) is 0 Å². The first-order chi connectivity index (χ1) is 9.49. The maximum atomic E-state index is 13.7. The van der Waals surface area contributed by atoms with Crippen LogP contribution in [0.3, 0.4) is 0 Å². The molecule has 0 heterocycles. The van der Waals surface area contributed by atoms with E-state index < -0.39 is 11.6 Å². The van der Waals surface area contributed by atoms with E-state index in [0.29, 0.717) is 5.02 Å². The van der Waals surface area contributed by atoms with E-state index in [9.17, 15) is 8.78 Å². The summed E-state index contributed by atoms with van der Waals surface area (Å²) in [6, 6.07) is 8.27. The molecule has 0 aromatic heterocycles. The smallest absolute Gasteiger partial charge is 0.126 e. The summed E-state index contributed by atoms with van der Waals surface area (Å²) < 4.78 is 27.6. The zero-order valence-electron chi connectivity index (χ0n) is 10.3. The van der Waals surface area contributed by atoms with Crippen molar-refractivity contribution in [3.63, 3.8) is 0 Å². The number of rotatable bonds is 4. The van der Waals surface area contributed by atoms with Crippen molar-refractivity contribution in [1.82, 2.24) is 5.43 Å². The highest BCUT2D eigenvalue weighted by Gasteiger charge is 2.15. The summed E-state index contributed by atoms with van der Waals surface area (Å²) in [5.41, 5.74) is 3.64. The molecule has 0 spiro atoms. The number of hydrogen-bond acceptors (Lipinski definition) is 2. The zero-order chi connectivity index (χ0) is 14.7. The van der Waals surface area contributed by atoms with E-state index in [0.717, 1.165) is 22.2 Å². The lowest BCUT2D eigenvalue weighted by molar-refractivity contribution is 0.522. The summed E-state index contributed by atoms with van der Waals surface area (Å²) in [6.45, 7) is 0. The largest absolute Gasteiger partial charge is 0.271 e. The number of benzene rings is 2. The molecular weight excluding hydrogens is 350 g/mol. The average molecular weight is 362 g/mol. The van der Waals surface area contributed by atoms with Crippen LogP contribution >= 0.6 is 27.5 Å². The molecule has 2 nitrogen and oxygen atoms in total. The number of hydrogen-bond donors (Lipinski definition) is 2.